The first kappa shape index (κ1) is 19.0. The largest absolute Gasteiger partial charge is 3.00 e. The van der Waals surface area contributed by atoms with Gasteiger partial charge in [-0.2, -0.15) is 0 Å². The molecule has 0 saturated carbocycles. The monoisotopic (exact) mass is 261 g/mol. The van der Waals surface area contributed by atoms with Crippen LogP contribution in [-0.4, -0.2) is 29.0 Å². The second kappa shape index (κ2) is 10.5. The summed E-state index contributed by atoms with van der Waals surface area (Å²) in [4.78, 5) is 37.3. The van der Waals surface area contributed by atoms with Gasteiger partial charge in [-0.05, 0) is 0 Å². The standard InChI is InChI=1S/2C3H4O4.Fe/c2*4-2(5)1-3(6)7;/h2*1H2,(H,4,5)(H,6,7);/q;;+3/p-3. The smallest absolute Gasteiger partial charge is 0.550 e. The van der Waals surface area contributed by atoms with Crippen molar-refractivity contribution in [1.82, 2.24) is 0 Å². The molecule has 0 aliphatic rings. The van der Waals surface area contributed by atoms with Crippen molar-refractivity contribution in [2.45, 2.75) is 12.8 Å². The van der Waals surface area contributed by atoms with Crippen molar-refractivity contribution in [3.8, 4) is 0 Å². The van der Waals surface area contributed by atoms with E-state index in [1.165, 1.54) is 0 Å². The van der Waals surface area contributed by atoms with E-state index < -0.39 is 36.7 Å². The van der Waals surface area contributed by atoms with Crippen LogP contribution < -0.4 is 15.3 Å². The van der Waals surface area contributed by atoms with Gasteiger partial charge in [0.05, 0.1) is 12.4 Å². The van der Waals surface area contributed by atoms with E-state index in [2.05, 4.69) is 0 Å². The van der Waals surface area contributed by atoms with Crippen molar-refractivity contribution in [1.29, 1.82) is 0 Å². The summed E-state index contributed by atoms with van der Waals surface area (Å²) in [5, 5.41) is 35.5. The molecule has 0 aromatic heterocycles. The van der Waals surface area contributed by atoms with E-state index in [0.717, 1.165) is 0 Å². The molecule has 0 unspecified atom stereocenters. The number of carboxylic acid groups (broad SMARTS) is 4. The van der Waals surface area contributed by atoms with Crippen LogP contribution in [0.2, 0.25) is 0 Å². The number of carboxylic acids is 4. The average Bonchev–Trinajstić information content (AvgIpc) is 1.79. The van der Waals surface area contributed by atoms with Crippen molar-refractivity contribution in [2.24, 2.45) is 0 Å². The van der Waals surface area contributed by atoms with Crippen molar-refractivity contribution in [3.63, 3.8) is 0 Å². The van der Waals surface area contributed by atoms with E-state index in [1.54, 1.807) is 0 Å². The molecule has 0 fully saturated rings. The Kier molecular flexibility index (Phi) is 13.3. The minimum absolute atomic E-state index is 0. The minimum Gasteiger partial charge on any atom is -0.550 e. The Labute approximate surface area is 94.0 Å². The van der Waals surface area contributed by atoms with Gasteiger partial charge in [0.25, 0.3) is 0 Å². The zero-order valence-corrected chi connectivity index (χ0v) is 8.18. The Hall–Kier alpha value is -1.60. The summed E-state index contributed by atoms with van der Waals surface area (Å²) in [6.07, 6.45) is -1.94. The molecule has 1 N–H and O–H groups in total. The second-order valence-corrected chi connectivity index (χ2v) is 1.86. The molecular weight excluding hydrogens is 256 g/mol. The van der Waals surface area contributed by atoms with E-state index in [-0.39, 0.29) is 17.1 Å². The van der Waals surface area contributed by atoms with Crippen molar-refractivity contribution < 1.29 is 56.7 Å². The van der Waals surface area contributed by atoms with Crippen LogP contribution in [0.15, 0.2) is 0 Å². The van der Waals surface area contributed by atoms with Crippen LogP contribution in [-0.2, 0) is 36.2 Å². The van der Waals surface area contributed by atoms with Crippen LogP contribution in [0.4, 0.5) is 0 Å². The van der Waals surface area contributed by atoms with Gasteiger partial charge in [0, 0.05) is 18.4 Å². The maximum absolute atomic E-state index is 9.39. The summed E-state index contributed by atoms with van der Waals surface area (Å²) in [5.74, 6) is -6.19. The summed E-state index contributed by atoms with van der Waals surface area (Å²) >= 11 is 0. The fourth-order valence-electron chi connectivity index (χ4n) is 0.241. The van der Waals surface area contributed by atoms with Gasteiger partial charge in [-0.15, -0.1) is 0 Å². The van der Waals surface area contributed by atoms with E-state index in [1.807, 2.05) is 0 Å². The molecule has 0 bridgehead atoms. The van der Waals surface area contributed by atoms with Crippen LogP contribution >= 0.6 is 0 Å². The number of rotatable bonds is 4. The zero-order chi connectivity index (χ0) is 11.7. The summed E-state index contributed by atoms with van der Waals surface area (Å²) in [6.45, 7) is 0. The molecular formula is C6H5FeO8. The fourth-order valence-corrected chi connectivity index (χ4v) is 0.241. The van der Waals surface area contributed by atoms with Crippen molar-refractivity contribution >= 4 is 23.9 Å². The molecule has 85 valence electrons. The van der Waals surface area contributed by atoms with Gasteiger partial charge in [0.15, 0.2) is 0 Å². The molecule has 0 aliphatic carbocycles. The number of hydrogen-bond acceptors (Lipinski definition) is 7. The molecule has 0 atom stereocenters. The number of hydrogen-bond donors (Lipinski definition) is 1. The van der Waals surface area contributed by atoms with Crippen LogP contribution in [0.3, 0.4) is 0 Å². The van der Waals surface area contributed by atoms with Crippen molar-refractivity contribution in [3.05, 3.63) is 0 Å². The Morgan fingerprint density at radius 2 is 1.07 bits per heavy atom. The SMILES string of the molecule is O=C([O-])CC(=O)O.O=C([O-])CC(=O)[O-].[Fe+3]. The first-order valence-electron chi connectivity index (χ1n) is 3.07. The van der Waals surface area contributed by atoms with E-state index in [4.69, 9.17) is 5.11 Å². The molecule has 0 aromatic carbocycles. The molecule has 8 nitrogen and oxygen atoms in total. The van der Waals surface area contributed by atoms with E-state index in [9.17, 15) is 34.5 Å². The third kappa shape index (κ3) is 32.7. The quantitative estimate of drug-likeness (QED) is 0.389. The van der Waals surface area contributed by atoms with Gasteiger partial charge in [0.2, 0.25) is 0 Å². The molecule has 0 rings (SSSR count). The van der Waals surface area contributed by atoms with Crippen LogP contribution in [0, 0.1) is 0 Å². The molecule has 0 saturated heterocycles. The van der Waals surface area contributed by atoms with Gasteiger partial charge in [-0.25, -0.2) is 0 Å². The predicted molar refractivity (Wildman–Crippen MR) is 31.9 cm³/mol. The van der Waals surface area contributed by atoms with E-state index >= 15 is 0 Å². The van der Waals surface area contributed by atoms with Crippen molar-refractivity contribution in [2.75, 3.05) is 0 Å². The Morgan fingerprint density at radius 3 is 1.07 bits per heavy atom. The van der Waals surface area contributed by atoms with Crippen LogP contribution in [0.25, 0.3) is 0 Å². The zero-order valence-electron chi connectivity index (χ0n) is 7.07. The minimum atomic E-state index is -1.63. The number of aliphatic carboxylic acids is 4. The van der Waals surface area contributed by atoms with Gasteiger partial charge < -0.3 is 34.8 Å². The molecule has 0 aliphatic heterocycles. The second-order valence-electron chi connectivity index (χ2n) is 1.86. The maximum atomic E-state index is 9.39. The Morgan fingerprint density at radius 1 is 0.800 bits per heavy atom. The van der Waals surface area contributed by atoms with Crippen LogP contribution in [0.5, 0.6) is 0 Å². The first-order valence-corrected chi connectivity index (χ1v) is 3.07. The third-order valence-corrected chi connectivity index (χ3v) is 0.584. The summed E-state index contributed by atoms with van der Waals surface area (Å²) < 4.78 is 0. The van der Waals surface area contributed by atoms with E-state index in [0.29, 0.717) is 0 Å². The Balaban J connectivity index is -0.000000180. The van der Waals surface area contributed by atoms with Crippen LogP contribution in [0.1, 0.15) is 12.8 Å². The average molecular weight is 261 g/mol. The molecule has 15 heavy (non-hydrogen) atoms. The topological polar surface area (TPSA) is 158 Å². The van der Waals surface area contributed by atoms with Gasteiger partial charge in [0.1, 0.15) is 0 Å². The van der Waals surface area contributed by atoms with Gasteiger partial charge in [-0.1, -0.05) is 0 Å². The molecule has 0 spiro atoms. The third-order valence-electron chi connectivity index (χ3n) is 0.584. The molecule has 9 heteroatoms. The maximum Gasteiger partial charge on any atom is 3.00 e. The number of carbonyl (C=O) groups excluding carboxylic acids is 3. The first-order chi connectivity index (χ1) is 6.25. The molecule has 1 radical (unpaired) electrons. The molecule has 0 heterocycles. The van der Waals surface area contributed by atoms with Gasteiger partial charge in [-0.3, -0.25) is 4.79 Å². The summed E-state index contributed by atoms with van der Waals surface area (Å²) in [5.41, 5.74) is 0. The molecule has 0 amide bonds. The normalized spacial score (nSPS) is 7.47. The van der Waals surface area contributed by atoms with Gasteiger partial charge >= 0.3 is 23.0 Å². The summed E-state index contributed by atoms with van der Waals surface area (Å²) in [7, 11) is 0. The fraction of sp³-hybridized carbons (Fsp3) is 0.333. The molecule has 0 aromatic rings. The predicted octanol–water partition coefficient (Wildman–Crippen LogP) is -4.92. The summed E-state index contributed by atoms with van der Waals surface area (Å²) in [6, 6.07) is 0. The number of carbonyl (C=O) groups is 4. The Bertz CT molecular complexity index is 198.